The second-order valence-electron chi connectivity index (χ2n) is 5.87. The summed E-state index contributed by atoms with van der Waals surface area (Å²) in [4.78, 5) is 34.6. The predicted octanol–water partition coefficient (Wildman–Crippen LogP) is 4.31. The molecule has 0 atom stereocenters. The zero-order valence-electron chi connectivity index (χ0n) is 13.9. The van der Waals surface area contributed by atoms with Crippen molar-refractivity contribution in [2.24, 2.45) is 0 Å². The topological polar surface area (TPSA) is 95.3 Å². The monoisotopic (exact) mass is 360 g/mol. The number of fused-ring (bicyclic) bond motifs is 1. The van der Waals surface area contributed by atoms with E-state index in [0.29, 0.717) is 34.1 Å². The molecule has 7 heteroatoms. The summed E-state index contributed by atoms with van der Waals surface area (Å²) in [7, 11) is 0. The van der Waals surface area contributed by atoms with Crippen molar-refractivity contribution >= 4 is 28.8 Å². The van der Waals surface area contributed by atoms with Gasteiger partial charge in [-0.1, -0.05) is 30.3 Å². The van der Waals surface area contributed by atoms with Gasteiger partial charge in [0.25, 0.3) is 11.6 Å². The molecule has 0 saturated carbocycles. The van der Waals surface area contributed by atoms with E-state index in [2.05, 4.69) is 0 Å². The van der Waals surface area contributed by atoms with Crippen molar-refractivity contribution in [3.63, 3.8) is 0 Å². The second kappa shape index (κ2) is 6.38. The smallest absolute Gasteiger partial charge is 0.298 e. The van der Waals surface area contributed by atoms with Crippen LogP contribution in [0.3, 0.4) is 0 Å². The van der Waals surface area contributed by atoms with Crippen LogP contribution in [0.5, 0.6) is 0 Å². The van der Waals surface area contributed by atoms with Crippen molar-refractivity contribution < 1.29 is 18.9 Å². The third kappa shape index (κ3) is 2.81. The summed E-state index contributed by atoms with van der Waals surface area (Å²) in [6.45, 7) is 0. The summed E-state index contributed by atoms with van der Waals surface area (Å²) in [5.41, 5.74) is 1.43. The fraction of sp³-hybridized carbons (Fsp3) is 0. The number of rotatable bonds is 4. The van der Waals surface area contributed by atoms with Crippen LogP contribution in [0.25, 0.3) is 22.2 Å². The predicted molar refractivity (Wildman–Crippen MR) is 97.9 cm³/mol. The van der Waals surface area contributed by atoms with Crippen LogP contribution in [-0.2, 0) is 0 Å². The normalized spacial score (nSPS) is 10.8. The second-order valence-corrected chi connectivity index (χ2v) is 5.87. The summed E-state index contributed by atoms with van der Waals surface area (Å²) in [6, 6.07) is 16.1. The number of carbonyl (C=O) groups excluding carboxylic acids is 2. The number of aldehydes is 1. The van der Waals surface area contributed by atoms with Crippen LogP contribution in [-0.4, -0.2) is 21.7 Å². The number of para-hydroxylation sites is 1. The van der Waals surface area contributed by atoms with Gasteiger partial charge < -0.3 is 4.42 Å². The lowest BCUT2D eigenvalue weighted by Crippen LogP contribution is -2.09. The molecule has 0 unspecified atom stereocenters. The molecule has 0 bridgehead atoms. The van der Waals surface area contributed by atoms with Gasteiger partial charge >= 0.3 is 0 Å². The Balaban J connectivity index is 1.74. The average Bonchev–Trinajstić information content (AvgIpc) is 3.33. The van der Waals surface area contributed by atoms with E-state index in [9.17, 15) is 19.7 Å². The van der Waals surface area contributed by atoms with Crippen LogP contribution in [0.2, 0.25) is 0 Å². The van der Waals surface area contributed by atoms with E-state index in [4.69, 9.17) is 4.42 Å². The molecule has 7 nitrogen and oxygen atoms in total. The molecule has 27 heavy (non-hydrogen) atoms. The van der Waals surface area contributed by atoms with Crippen molar-refractivity contribution in [1.82, 2.24) is 4.57 Å². The molecule has 132 valence electrons. The fourth-order valence-corrected chi connectivity index (χ4v) is 2.97. The number of carbonyl (C=O) groups is 2. The Kier molecular flexibility index (Phi) is 3.89. The van der Waals surface area contributed by atoms with E-state index in [1.54, 1.807) is 42.5 Å². The first-order valence-corrected chi connectivity index (χ1v) is 8.03. The van der Waals surface area contributed by atoms with Gasteiger partial charge in [0.15, 0.2) is 12.0 Å². The van der Waals surface area contributed by atoms with Crippen molar-refractivity contribution in [1.29, 1.82) is 0 Å². The lowest BCUT2D eigenvalue weighted by atomic mass is 10.1. The Labute approximate surface area is 152 Å². The number of nitro groups is 1. The number of furan rings is 1. The minimum absolute atomic E-state index is 0.0645. The molecule has 2 aromatic heterocycles. The molecule has 2 heterocycles. The summed E-state index contributed by atoms with van der Waals surface area (Å²) >= 11 is 0. The van der Waals surface area contributed by atoms with Gasteiger partial charge in [-0.3, -0.25) is 24.3 Å². The number of nitrogens with zero attached hydrogens (tertiary/aromatic N) is 2. The highest BCUT2D eigenvalue weighted by atomic mass is 16.6. The summed E-state index contributed by atoms with van der Waals surface area (Å²) in [5, 5.41) is 11.6. The molecule has 0 aliphatic carbocycles. The number of aromatic nitrogens is 1. The van der Waals surface area contributed by atoms with Gasteiger partial charge in [0, 0.05) is 34.8 Å². The molecule has 0 amide bonds. The lowest BCUT2D eigenvalue weighted by molar-refractivity contribution is -0.384. The fourth-order valence-electron chi connectivity index (χ4n) is 2.97. The highest BCUT2D eigenvalue weighted by Gasteiger charge is 2.19. The van der Waals surface area contributed by atoms with Crippen LogP contribution >= 0.6 is 0 Å². The third-order valence-corrected chi connectivity index (χ3v) is 4.25. The Hall–Kier alpha value is -4.00. The van der Waals surface area contributed by atoms with Gasteiger partial charge in [0.2, 0.25) is 0 Å². The Morgan fingerprint density at radius 2 is 1.89 bits per heavy atom. The highest BCUT2D eigenvalue weighted by molar-refractivity contribution is 6.06. The molecule has 0 spiro atoms. The SMILES string of the molecule is O=Cc1cn(C(=O)c2ccc(-c3cccc([N+](=O)[O-])c3)o2)c2ccccc12. The largest absolute Gasteiger partial charge is 0.451 e. The number of hydrogen-bond acceptors (Lipinski definition) is 5. The van der Waals surface area contributed by atoms with Gasteiger partial charge in [-0.2, -0.15) is 0 Å². The molecule has 4 aromatic rings. The molecule has 4 rings (SSSR count). The molecule has 0 aliphatic heterocycles. The highest BCUT2D eigenvalue weighted by Crippen LogP contribution is 2.27. The van der Waals surface area contributed by atoms with E-state index in [1.807, 2.05) is 0 Å². The summed E-state index contributed by atoms with van der Waals surface area (Å²) in [5.74, 6) is -0.0280. The van der Waals surface area contributed by atoms with Crippen LogP contribution in [0.1, 0.15) is 20.9 Å². The maximum Gasteiger partial charge on any atom is 0.298 e. The van der Waals surface area contributed by atoms with E-state index < -0.39 is 10.8 Å². The standard InChI is InChI=1S/C20H12N2O5/c23-12-14-11-21(17-7-2-1-6-16(14)17)20(24)19-9-8-18(27-19)13-4-3-5-15(10-13)22(25)26/h1-12H. The summed E-state index contributed by atoms with van der Waals surface area (Å²) < 4.78 is 6.99. The van der Waals surface area contributed by atoms with Gasteiger partial charge in [0.05, 0.1) is 10.4 Å². The molecule has 0 aliphatic rings. The van der Waals surface area contributed by atoms with Crippen molar-refractivity contribution in [3.8, 4) is 11.3 Å². The van der Waals surface area contributed by atoms with Gasteiger partial charge in [-0.25, -0.2) is 0 Å². The zero-order chi connectivity index (χ0) is 19.0. The molecule has 0 fully saturated rings. The van der Waals surface area contributed by atoms with Crippen LogP contribution in [0.4, 0.5) is 5.69 Å². The first-order valence-electron chi connectivity index (χ1n) is 8.03. The minimum atomic E-state index is -0.495. The lowest BCUT2D eigenvalue weighted by Gasteiger charge is -2.01. The number of benzene rings is 2. The van der Waals surface area contributed by atoms with Crippen molar-refractivity contribution in [3.05, 3.63) is 88.3 Å². The first-order chi connectivity index (χ1) is 13.1. The average molecular weight is 360 g/mol. The number of non-ortho nitro benzene ring substituents is 1. The number of nitro benzene ring substituents is 1. The van der Waals surface area contributed by atoms with Gasteiger partial charge in [-0.05, 0) is 18.2 Å². The van der Waals surface area contributed by atoms with Gasteiger partial charge in [-0.15, -0.1) is 0 Å². The van der Waals surface area contributed by atoms with Crippen molar-refractivity contribution in [2.75, 3.05) is 0 Å². The molecular weight excluding hydrogens is 348 g/mol. The first kappa shape index (κ1) is 16.5. The minimum Gasteiger partial charge on any atom is -0.451 e. The number of hydrogen-bond donors (Lipinski definition) is 0. The van der Waals surface area contributed by atoms with E-state index >= 15 is 0 Å². The molecule has 0 N–H and O–H groups in total. The van der Waals surface area contributed by atoms with Crippen molar-refractivity contribution in [2.45, 2.75) is 0 Å². The molecule has 2 aromatic carbocycles. The third-order valence-electron chi connectivity index (χ3n) is 4.25. The summed E-state index contributed by atoms with van der Waals surface area (Å²) in [6.07, 6.45) is 2.17. The van der Waals surface area contributed by atoms with Crippen LogP contribution in [0, 0.1) is 10.1 Å². The van der Waals surface area contributed by atoms with Crippen LogP contribution < -0.4 is 0 Å². The Morgan fingerprint density at radius 1 is 1.07 bits per heavy atom. The van der Waals surface area contributed by atoms with E-state index in [1.165, 1.54) is 29.0 Å². The zero-order valence-corrected chi connectivity index (χ0v) is 13.9. The van der Waals surface area contributed by atoms with E-state index in [0.717, 1.165) is 0 Å². The quantitative estimate of drug-likeness (QED) is 0.307. The van der Waals surface area contributed by atoms with Crippen LogP contribution in [0.15, 0.2) is 71.3 Å². The maximum atomic E-state index is 12.9. The molecular formula is C20H12N2O5. The molecule has 0 radical (unpaired) electrons. The maximum absolute atomic E-state index is 12.9. The Morgan fingerprint density at radius 3 is 2.67 bits per heavy atom. The molecule has 0 saturated heterocycles. The van der Waals surface area contributed by atoms with Gasteiger partial charge in [0.1, 0.15) is 5.76 Å². The van der Waals surface area contributed by atoms with E-state index in [-0.39, 0.29) is 11.4 Å². The Bertz CT molecular complexity index is 1200.